The molecule has 10 heteroatoms. The zero-order valence-corrected chi connectivity index (χ0v) is 30.4. The number of ether oxygens (including phenoxy) is 2. The van der Waals surface area contributed by atoms with E-state index in [0.717, 1.165) is 38.5 Å². The molecular weight excluding hydrogens is 605 g/mol. The summed E-state index contributed by atoms with van der Waals surface area (Å²) in [5.41, 5.74) is 0. The van der Waals surface area contributed by atoms with E-state index in [1.54, 1.807) is 0 Å². The molecule has 0 heterocycles. The van der Waals surface area contributed by atoms with Crippen molar-refractivity contribution in [3.05, 3.63) is 48.6 Å². The first-order chi connectivity index (χ1) is 22.0. The molecule has 0 amide bonds. The average molecular weight is 671 g/mol. The highest BCUT2D eigenvalue weighted by Crippen LogP contribution is 2.43. The van der Waals surface area contributed by atoms with Crippen LogP contribution in [0.2, 0.25) is 0 Å². The maximum atomic E-state index is 12.5. The van der Waals surface area contributed by atoms with Crippen LogP contribution in [0.3, 0.4) is 0 Å². The maximum absolute atomic E-state index is 12.5. The summed E-state index contributed by atoms with van der Waals surface area (Å²) < 4.78 is 33.9. The molecule has 0 aliphatic heterocycles. The smallest absolute Gasteiger partial charge is 0.462 e. The van der Waals surface area contributed by atoms with E-state index in [2.05, 4.69) is 50.3 Å². The number of hydrogen-bond donors (Lipinski definition) is 1. The van der Waals surface area contributed by atoms with Gasteiger partial charge in [-0.2, -0.15) is 0 Å². The van der Waals surface area contributed by atoms with Gasteiger partial charge in [-0.1, -0.05) is 94.6 Å². The first-order valence-corrected chi connectivity index (χ1v) is 18.9. The number of phosphoric ester groups is 1. The lowest BCUT2D eigenvalue weighted by atomic mass is 10.1. The van der Waals surface area contributed by atoms with E-state index < -0.39 is 32.5 Å². The van der Waals surface area contributed by atoms with E-state index in [-0.39, 0.29) is 26.1 Å². The average Bonchev–Trinajstić information content (AvgIpc) is 2.99. The number of esters is 2. The Hall–Kier alpha value is -2.03. The number of likely N-dealkylation sites (N-methyl/N-ethyl adjacent to an activating group) is 1. The summed E-state index contributed by atoms with van der Waals surface area (Å²) in [4.78, 5) is 34.9. The Morgan fingerprint density at radius 2 is 1.28 bits per heavy atom. The Morgan fingerprint density at radius 3 is 1.91 bits per heavy atom. The van der Waals surface area contributed by atoms with Crippen LogP contribution >= 0.6 is 7.82 Å². The van der Waals surface area contributed by atoms with Crippen LogP contribution in [0.4, 0.5) is 0 Å². The second kappa shape index (κ2) is 29.1. The summed E-state index contributed by atoms with van der Waals surface area (Å²) in [5, 5.41) is 0. The van der Waals surface area contributed by atoms with E-state index in [1.165, 1.54) is 38.5 Å². The monoisotopic (exact) mass is 670 g/mol. The lowest BCUT2D eigenvalue weighted by molar-refractivity contribution is -0.870. The number of quaternary nitrogens is 1. The van der Waals surface area contributed by atoms with Crippen LogP contribution in [-0.4, -0.2) is 74.9 Å². The van der Waals surface area contributed by atoms with Gasteiger partial charge < -0.3 is 18.9 Å². The summed E-state index contributed by atoms with van der Waals surface area (Å²) in [6, 6.07) is 0. The predicted molar refractivity (Wildman–Crippen MR) is 187 cm³/mol. The van der Waals surface area contributed by atoms with Crippen LogP contribution in [0.25, 0.3) is 0 Å². The van der Waals surface area contributed by atoms with Gasteiger partial charge in [0, 0.05) is 12.8 Å². The number of unbranched alkanes of at least 4 members (excludes halogenated alkanes) is 8. The van der Waals surface area contributed by atoms with Gasteiger partial charge in [-0.05, 0) is 57.8 Å². The van der Waals surface area contributed by atoms with Gasteiger partial charge in [0.2, 0.25) is 0 Å². The molecule has 0 spiro atoms. The van der Waals surface area contributed by atoms with Crippen molar-refractivity contribution in [1.29, 1.82) is 0 Å². The fraction of sp³-hybridized carbons (Fsp3) is 0.722. The molecule has 0 aromatic carbocycles. The van der Waals surface area contributed by atoms with E-state index in [1.807, 2.05) is 33.3 Å². The Morgan fingerprint density at radius 1 is 0.696 bits per heavy atom. The van der Waals surface area contributed by atoms with Crippen molar-refractivity contribution in [1.82, 2.24) is 0 Å². The Kier molecular flexibility index (Phi) is 27.8. The number of hydrogen-bond acceptors (Lipinski definition) is 7. The van der Waals surface area contributed by atoms with Gasteiger partial charge in [0.05, 0.1) is 27.7 Å². The Labute approximate surface area is 280 Å². The molecule has 0 rings (SSSR count). The lowest BCUT2D eigenvalue weighted by Gasteiger charge is -2.24. The molecule has 0 aliphatic rings. The highest BCUT2D eigenvalue weighted by molar-refractivity contribution is 7.47. The standard InChI is InChI=1S/C36H64NO8P/c1-6-8-10-12-14-16-17-18-19-21-23-25-27-29-36(39)45-34(33-44-46(40,41)43-31-30-37(3,4)5)32-42-35(38)28-26-24-22-20-15-13-11-9-7-2/h9,11,15,18-20,23,25,34H,6-8,10,12-14,16-17,21-22,24,26-33H2,1-5H3/p+1/b11-9+,19-18+,20-15+,25-23+. The fourth-order valence-corrected chi connectivity index (χ4v) is 4.84. The highest BCUT2D eigenvalue weighted by atomic mass is 31.2. The second-order valence-electron chi connectivity index (χ2n) is 12.5. The molecule has 0 aliphatic carbocycles. The second-order valence-corrected chi connectivity index (χ2v) is 14.0. The summed E-state index contributed by atoms with van der Waals surface area (Å²) in [5.74, 6) is -0.929. The van der Waals surface area contributed by atoms with Crippen LogP contribution in [0.5, 0.6) is 0 Å². The topological polar surface area (TPSA) is 108 Å². The van der Waals surface area contributed by atoms with Crippen LogP contribution in [0, 0.1) is 0 Å². The van der Waals surface area contributed by atoms with Crippen LogP contribution < -0.4 is 0 Å². The summed E-state index contributed by atoms with van der Waals surface area (Å²) >= 11 is 0. The van der Waals surface area contributed by atoms with Crippen molar-refractivity contribution < 1.29 is 42.1 Å². The first-order valence-electron chi connectivity index (χ1n) is 17.4. The molecule has 46 heavy (non-hydrogen) atoms. The molecule has 266 valence electrons. The van der Waals surface area contributed by atoms with Gasteiger partial charge in [-0.3, -0.25) is 18.6 Å². The van der Waals surface area contributed by atoms with Gasteiger partial charge >= 0.3 is 19.8 Å². The number of nitrogens with zero attached hydrogens (tertiary/aromatic N) is 1. The van der Waals surface area contributed by atoms with Crippen molar-refractivity contribution in [2.75, 3.05) is 47.5 Å². The zero-order chi connectivity index (χ0) is 34.4. The molecule has 0 fully saturated rings. The largest absolute Gasteiger partial charge is 0.472 e. The number of carbonyl (C=O) groups is 2. The van der Waals surface area contributed by atoms with Crippen molar-refractivity contribution in [3.63, 3.8) is 0 Å². The van der Waals surface area contributed by atoms with Gasteiger partial charge in [-0.25, -0.2) is 4.57 Å². The van der Waals surface area contributed by atoms with E-state index >= 15 is 0 Å². The normalized spacial score (nSPS) is 14.5. The van der Waals surface area contributed by atoms with E-state index in [0.29, 0.717) is 23.9 Å². The molecule has 0 aromatic rings. The van der Waals surface area contributed by atoms with Crippen LogP contribution in [0.15, 0.2) is 48.6 Å². The third-order valence-electron chi connectivity index (χ3n) is 6.86. The van der Waals surface area contributed by atoms with Gasteiger partial charge in [0.1, 0.15) is 19.8 Å². The molecule has 0 bridgehead atoms. The fourth-order valence-electron chi connectivity index (χ4n) is 4.10. The molecule has 9 nitrogen and oxygen atoms in total. The van der Waals surface area contributed by atoms with Crippen LogP contribution in [0.1, 0.15) is 117 Å². The Bertz CT molecular complexity index is 939. The number of rotatable bonds is 30. The summed E-state index contributed by atoms with van der Waals surface area (Å²) in [6.07, 6.45) is 30.6. The van der Waals surface area contributed by atoms with Crippen LogP contribution in [-0.2, 0) is 32.7 Å². The van der Waals surface area contributed by atoms with Crippen molar-refractivity contribution in [2.24, 2.45) is 0 Å². The third kappa shape index (κ3) is 31.9. The summed E-state index contributed by atoms with van der Waals surface area (Å²) in [6.45, 7) is 4.13. The van der Waals surface area contributed by atoms with Gasteiger partial charge in [0.25, 0.3) is 0 Å². The quantitative estimate of drug-likeness (QED) is 0.0266. The Balaban J connectivity index is 4.63. The SMILES string of the molecule is CC/C=C/C/C=C/CCCCC(=O)OCC(COP(=O)(O)OCC[N+](C)(C)C)OC(=O)CC/C=C/C/C=C/CCCCCCCC. The van der Waals surface area contributed by atoms with Crippen molar-refractivity contribution >= 4 is 19.8 Å². The minimum absolute atomic E-state index is 0.0158. The van der Waals surface area contributed by atoms with Crippen molar-refractivity contribution in [3.8, 4) is 0 Å². The molecule has 0 aromatic heterocycles. The first kappa shape index (κ1) is 44.0. The van der Waals surface area contributed by atoms with Gasteiger partial charge in [-0.15, -0.1) is 0 Å². The molecule has 2 atom stereocenters. The lowest BCUT2D eigenvalue weighted by Crippen LogP contribution is -2.37. The molecule has 0 radical (unpaired) electrons. The molecule has 0 saturated heterocycles. The minimum Gasteiger partial charge on any atom is -0.462 e. The number of carbonyl (C=O) groups excluding carboxylic acids is 2. The number of allylic oxidation sites excluding steroid dienone is 8. The zero-order valence-electron chi connectivity index (χ0n) is 29.5. The minimum atomic E-state index is -4.38. The summed E-state index contributed by atoms with van der Waals surface area (Å²) in [7, 11) is 1.42. The van der Waals surface area contributed by atoms with Crippen molar-refractivity contribution in [2.45, 2.75) is 123 Å². The molecular formula is C36H65NO8P+. The van der Waals surface area contributed by atoms with E-state index in [9.17, 15) is 19.0 Å². The molecule has 0 saturated carbocycles. The van der Waals surface area contributed by atoms with Gasteiger partial charge in [0.15, 0.2) is 6.10 Å². The predicted octanol–water partition coefficient (Wildman–Crippen LogP) is 8.79. The highest BCUT2D eigenvalue weighted by Gasteiger charge is 2.27. The third-order valence-corrected chi connectivity index (χ3v) is 7.84. The molecule has 2 unspecified atom stereocenters. The molecule has 1 N–H and O–H groups in total. The maximum Gasteiger partial charge on any atom is 0.472 e. The van der Waals surface area contributed by atoms with E-state index in [4.69, 9.17) is 18.5 Å². The number of phosphoric acid groups is 1.